The van der Waals surface area contributed by atoms with Crippen molar-refractivity contribution in [3.05, 3.63) is 511 Å². The number of hydrogen-bond donors (Lipinski definition) is 0. The van der Waals surface area contributed by atoms with Gasteiger partial charge in [0.15, 0.2) is 52.4 Å². The van der Waals surface area contributed by atoms with Gasteiger partial charge in [0.05, 0.1) is 27.5 Å². The molecule has 0 saturated carbocycles. The van der Waals surface area contributed by atoms with Crippen LogP contribution in [-0.4, -0.2) is 44.9 Å². The molecule has 0 amide bonds. The van der Waals surface area contributed by atoms with E-state index in [9.17, 15) is 0 Å². The lowest BCUT2D eigenvalue weighted by molar-refractivity contribution is 0.660. The van der Waals surface area contributed by atoms with Crippen molar-refractivity contribution in [2.45, 2.75) is 30.1 Å². The van der Waals surface area contributed by atoms with Crippen LogP contribution in [0, 0.1) is 0 Å². The molecule has 6 aromatic heterocycles. The van der Waals surface area contributed by atoms with Crippen LogP contribution in [0.5, 0.6) is 0 Å². The molecule has 6 heterocycles. The quantitative estimate of drug-likeness (QED) is 0.121. The van der Waals surface area contributed by atoms with Gasteiger partial charge in [0, 0.05) is 71.1 Å². The molecule has 0 saturated heterocycles. The summed E-state index contributed by atoms with van der Waals surface area (Å²) in [4.78, 5) is 46.4. The van der Waals surface area contributed by atoms with Crippen LogP contribution in [0.1, 0.15) is 69.5 Å². The highest BCUT2D eigenvalue weighted by atomic mass is 16.3. The van der Waals surface area contributed by atoms with Gasteiger partial charge >= 0.3 is 0 Å². The van der Waals surface area contributed by atoms with Gasteiger partial charge in [-0.2, -0.15) is 0 Å². The third-order valence-electron chi connectivity index (χ3n) is 28.8. The van der Waals surface area contributed by atoms with Crippen molar-refractivity contribution in [2.24, 2.45) is 0 Å². The number of para-hydroxylation sites is 6. The summed E-state index contributed by atoms with van der Waals surface area (Å²) >= 11 is 0. The number of aromatic nitrogens is 9. The lowest BCUT2D eigenvalue weighted by atomic mass is 9.67. The second kappa shape index (κ2) is 32.4. The highest BCUT2D eigenvalue weighted by molar-refractivity contribution is 6.12. The largest absolute Gasteiger partial charge is 0.455 e. The van der Waals surface area contributed by atoms with Crippen molar-refractivity contribution in [1.29, 1.82) is 0 Å². The fourth-order valence-electron chi connectivity index (χ4n) is 22.7. The molecule has 1 spiro atoms. The van der Waals surface area contributed by atoms with Gasteiger partial charge in [-0.05, 0) is 137 Å². The SMILES string of the molecule is CC1(C)c2ccccc2-c2c(-c3nc(-c4ccccc4)nc(-c4cccc5c4oc4ccccc45)n3)cccc21.c1ccc(-c2nc(-c3cccc4c3-c3ccccc3C4(c3ccccc3)c3ccccc3)nc(-c3cccc4c3oc3ccccc34)n2)cc1.c1ccc(-c2nc(-c3cccc4c3-c3ccccc3C43c4ccccc4-c4ccccc43)nc(-c3cccc4c3oc3ccccc34)n2)cc1. The fourth-order valence-corrected chi connectivity index (χ4v) is 22.7. The molecule has 0 atom stereocenters. The van der Waals surface area contributed by atoms with E-state index < -0.39 is 10.8 Å². The van der Waals surface area contributed by atoms with E-state index in [2.05, 4.69) is 311 Å². The maximum atomic E-state index is 6.48. The van der Waals surface area contributed by atoms with Gasteiger partial charge in [-0.15, -0.1) is 0 Å². The maximum absolute atomic E-state index is 6.48. The number of benzene rings is 19. The van der Waals surface area contributed by atoms with Crippen molar-refractivity contribution in [1.82, 2.24) is 44.9 Å². The fraction of sp³-hybridized carbons (Fsp3) is 0.0391. The van der Waals surface area contributed by atoms with E-state index in [4.69, 9.17) is 58.1 Å². The molecule has 0 radical (unpaired) electrons. The summed E-state index contributed by atoms with van der Waals surface area (Å²) in [5.41, 5.74) is 34.3. The van der Waals surface area contributed by atoms with Gasteiger partial charge in [0.25, 0.3) is 0 Å². The Morgan fingerprint density at radius 2 is 0.379 bits per heavy atom. The second-order valence-electron chi connectivity index (χ2n) is 36.6. The zero-order valence-electron chi connectivity index (χ0n) is 76.1. The third-order valence-corrected chi connectivity index (χ3v) is 28.8. The predicted octanol–water partition coefficient (Wildman–Crippen LogP) is 31.3. The summed E-state index contributed by atoms with van der Waals surface area (Å²) < 4.78 is 19.3. The Bertz CT molecular complexity index is 8940. The number of furan rings is 3. The standard InChI is InChI=1S/C46H27N3O.C46H29N3O.C36H25N3O/c1-2-14-28(15-3-1)43-47-44(49-45(48-43)35-22-12-20-32-31-18-7-11-27-40(31)50-42(32)35)34-21-13-26-39-41(34)33-19-6-10-25-38(33)46(39)36-23-8-4-16-29(36)30-17-5-9-24-37(30)46;1-4-16-30(17-5-1)43-47-44(49-45(48-43)37-26-14-24-34-33-22-11-13-29-40(33)50-42(34)37)36-25-15-28-39-41(36)35-23-10-12-27-38(35)46(39,31-18-6-2-7-19-31)32-20-8-3-9-21-32;1-36(2)28-19-8-6-15-25(28)31-26(17-11-20-29(31)36)34-37-33(22-12-4-3-5-13-22)38-35(39-34)27-18-10-16-24-23-14-7-9-21-30(23)40-32(24)27/h1-27H;1-29H;3-21H,1-2H3. The van der Waals surface area contributed by atoms with Crippen LogP contribution >= 0.6 is 0 Å². The Morgan fingerprint density at radius 1 is 0.157 bits per heavy atom. The summed E-state index contributed by atoms with van der Waals surface area (Å²) in [6.45, 7) is 4.58. The van der Waals surface area contributed by atoms with Gasteiger partial charge in [-0.1, -0.05) is 432 Å². The average Bonchev–Trinajstić information content (AvgIpc) is 1.51. The molecule has 4 aliphatic rings. The Balaban J connectivity index is 0.000000106. The van der Waals surface area contributed by atoms with Crippen LogP contribution in [0.3, 0.4) is 0 Å². The third kappa shape index (κ3) is 12.6. The molecule has 12 nitrogen and oxygen atoms in total. The lowest BCUT2D eigenvalue weighted by Gasteiger charge is -2.33. The smallest absolute Gasteiger partial charge is 0.167 e. The Morgan fingerprint density at radius 3 is 0.743 bits per heavy atom. The molecule has 0 aliphatic heterocycles. The van der Waals surface area contributed by atoms with E-state index in [1.165, 1.54) is 89.0 Å². The first-order valence-corrected chi connectivity index (χ1v) is 47.4. The molecule has 656 valence electrons. The summed E-state index contributed by atoms with van der Waals surface area (Å²) in [6.07, 6.45) is 0. The summed E-state index contributed by atoms with van der Waals surface area (Å²) in [7, 11) is 0. The topological polar surface area (TPSA) is 155 Å². The lowest BCUT2D eigenvalue weighted by Crippen LogP contribution is -2.28. The van der Waals surface area contributed by atoms with Gasteiger partial charge in [0.1, 0.15) is 33.5 Å². The van der Waals surface area contributed by atoms with E-state index in [0.29, 0.717) is 52.4 Å². The van der Waals surface area contributed by atoms with Crippen molar-refractivity contribution in [3.8, 4) is 147 Å². The average molecular weight is 1790 g/mol. The molecule has 25 aromatic rings. The Labute approximate surface area is 806 Å². The number of rotatable bonds is 11. The van der Waals surface area contributed by atoms with Crippen molar-refractivity contribution in [2.75, 3.05) is 0 Å². The summed E-state index contributed by atoms with van der Waals surface area (Å²) in [6, 6.07) is 159. The minimum atomic E-state index is -0.525. The molecule has 0 N–H and O–H groups in total. The van der Waals surface area contributed by atoms with Crippen LogP contribution in [0.4, 0.5) is 0 Å². The minimum Gasteiger partial charge on any atom is -0.455 e. The first kappa shape index (κ1) is 81.2. The van der Waals surface area contributed by atoms with Crippen LogP contribution < -0.4 is 0 Å². The summed E-state index contributed by atoms with van der Waals surface area (Å²) in [5.74, 6) is 5.51. The molecule has 140 heavy (non-hydrogen) atoms. The van der Waals surface area contributed by atoms with Crippen LogP contribution in [0.15, 0.2) is 468 Å². The normalized spacial score (nSPS) is 13.2. The van der Waals surface area contributed by atoms with Crippen LogP contribution in [-0.2, 0) is 16.2 Å². The highest BCUT2D eigenvalue weighted by Gasteiger charge is 2.53. The molecule has 19 aromatic carbocycles. The molecular weight excluding hydrogens is 1710 g/mol. The van der Waals surface area contributed by atoms with Gasteiger partial charge < -0.3 is 13.3 Å². The molecule has 0 unspecified atom stereocenters. The molecule has 4 aliphatic carbocycles. The van der Waals surface area contributed by atoms with E-state index in [1.54, 1.807) is 0 Å². The highest BCUT2D eigenvalue weighted by Crippen LogP contribution is 2.65. The molecule has 0 bridgehead atoms. The molecular formula is C128H81N9O3. The van der Waals surface area contributed by atoms with E-state index >= 15 is 0 Å². The van der Waals surface area contributed by atoms with Crippen molar-refractivity contribution >= 4 is 65.8 Å². The first-order valence-electron chi connectivity index (χ1n) is 47.4. The monoisotopic (exact) mass is 1790 g/mol. The second-order valence-corrected chi connectivity index (χ2v) is 36.6. The van der Waals surface area contributed by atoms with E-state index in [0.717, 1.165) is 127 Å². The first-order chi connectivity index (χ1) is 69.2. The minimum absolute atomic E-state index is 0.111. The zero-order valence-corrected chi connectivity index (χ0v) is 76.1. The van der Waals surface area contributed by atoms with Gasteiger partial charge in [-0.25, -0.2) is 44.9 Å². The van der Waals surface area contributed by atoms with Crippen molar-refractivity contribution < 1.29 is 13.3 Å². The number of hydrogen-bond acceptors (Lipinski definition) is 12. The van der Waals surface area contributed by atoms with E-state index in [1.807, 2.05) is 158 Å². The number of nitrogens with zero attached hydrogens (tertiary/aromatic N) is 9. The molecule has 12 heteroatoms. The van der Waals surface area contributed by atoms with Crippen molar-refractivity contribution in [3.63, 3.8) is 0 Å². The number of fused-ring (bicyclic) bond motifs is 25. The van der Waals surface area contributed by atoms with Gasteiger partial charge in [-0.3, -0.25) is 0 Å². The Hall–Kier alpha value is -18.4. The Kier molecular flexibility index (Phi) is 18.8. The zero-order chi connectivity index (χ0) is 92.7. The molecule has 29 rings (SSSR count). The van der Waals surface area contributed by atoms with Gasteiger partial charge in [0.2, 0.25) is 0 Å². The summed E-state index contributed by atoms with van der Waals surface area (Å²) in [5, 5.41) is 6.34. The van der Waals surface area contributed by atoms with Crippen LogP contribution in [0.25, 0.3) is 213 Å². The molecule has 0 fully saturated rings. The van der Waals surface area contributed by atoms with Crippen LogP contribution in [0.2, 0.25) is 0 Å². The van der Waals surface area contributed by atoms with E-state index in [-0.39, 0.29) is 5.41 Å². The predicted molar refractivity (Wildman–Crippen MR) is 561 cm³/mol. The maximum Gasteiger partial charge on any atom is 0.167 e.